The minimum Gasteiger partial charge on any atom is -0.497 e. The third-order valence-corrected chi connectivity index (χ3v) is 5.81. The molecule has 7 nitrogen and oxygen atoms in total. The van der Waals surface area contributed by atoms with Crippen molar-refractivity contribution >= 4 is 11.5 Å². The van der Waals surface area contributed by atoms with Crippen molar-refractivity contribution in [1.29, 1.82) is 0 Å². The Balaban J connectivity index is 1.54. The van der Waals surface area contributed by atoms with Gasteiger partial charge in [0.15, 0.2) is 0 Å². The summed E-state index contributed by atoms with van der Waals surface area (Å²) in [6.45, 7) is 0. The van der Waals surface area contributed by atoms with E-state index in [1.165, 1.54) is 25.7 Å². The van der Waals surface area contributed by atoms with Crippen molar-refractivity contribution in [2.45, 2.75) is 31.7 Å². The van der Waals surface area contributed by atoms with Gasteiger partial charge in [-0.15, -0.1) is 0 Å². The van der Waals surface area contributed by atoms with E-state index >= 15 is 0 Å². The molecule has 0 spiro atoms. The summed E-state index contributed by atoms with van der Waals surface area (Å²) in [6, 6.07) is 14.3. The van der Waals surface area contributed by atoms with Crippen LogP contribution in [0.15, 0.2) is 54.9 Å². The van der Waals surface area contributed by atoms with Gasteiger partial charge in [-0.05, 0) is 49.2 Å². The second-order valence-corrected chi connectivity index (χ2v) is 7.74. The Hall–Kier alpha value is -3.61. The molecule has 31 heavy (non-hydrogen) atoms. The predicted octanol–water partition coefficient (Wildman–Crippen LogP) is 4.83. The molecule has 1 fully saturated rings. The molecule has 0 bridgehead atoms. The number of hydrogen-bond acceptors (Lipinski definition) is 6. The lowest BCUT2D eigenvalue weighted by molar-refractivity contribution is 0.395. The summed E-state index contributed by atoms with van der Waals surface area (Å²) in [4.78, 5) is 9.22. The quantitative estimate of drug-likeness (QED) is 0.486. The van der Waals surface area contributed by atoms with Crippen molar-refractivity contribution in [3.05, 3.63) is 54.9 Å². The first-order valence-corrected chi connectivity index (χ1v) is 10.6. The molecule has 0 unspecified atom stereocenters. The smallest absolute Gasteiger partial charge is 0.223 e. The fourth-order valence-electron chi connectivity index (χ4n) is 4.20. The molecule has 1 aliphatic carbocycles. The van der Waals surface area contributed by atoms with Crippen LogP contribution in [-0.4, -0.2) is 39.8 Å². The largest absolute Gasteiger partial charge is 0.497 e. The third-order valence-electron chi connectivity index (χ3n) is 5.81. The van der Waals surface area contributed by atoms with E-state index in [2.05, 4.69) is 22.4 Å². The number of nitrogens with zero attached hydrogens (tertiary/aromatic N) is 4. The fraction of sp³-hybridized carbons (Fsp3) is 0.292. The SMILES string of the molecule is COc1ccc(-c2cc3c(-c4ccnc(NC5CCCC5)n4)cccn3n2)c(OC)c1. The van der Waals surface area contributed by atoms with Crippen molar-refractivity contribution in [2.24, 2.45) is 0 Å². The highest BCUT2D eigenvalue weighted by Crippen LogP contribution is 2.34. The van der Waals surface area contributed by atoms with Crippen molar-refractivity contribution in [3.63, 3.8) is 0 Å². The van der Waals surface area contributed by atoms with E-state index in [0.717, 1.165) is 39.5 Å². The van der Waals surface area contributed by atoms with Gasteiger partial charge in [-0.25, -0.2) is 14.5 Å². The first kappa shape index (κ1) is 19.4. The van der Waals surface area contributed by atoms with Crippen LogP contribution >= 0.6 is 0 Å². The summed E-state index contributed by atoms with van der Waals surface area (Å²) in [5, 5.41) is 8.26. The van der Waals surface area contributed by atoms with E-state index in [-0.39, 0.29) is 0 Å². The number of hydrogen-bond donors (Lipinski definition) is 1. The van der Waals surface area contributed by atoms with Crippen molar-refractivity contribution in [1.82, 2.24) is 19.6 Å². The lowest BCUT2D eigenvalue weighted by Crippen LogP contribution is -2.16. The Labute approximate surface area is 181 Å². The van der Waals surface area contributed by atoms with E-state index < -0.39 is 0 Å². The molecule has 158 valence electrons. The molecule has 0 radical (unpaired) electrons. The average molecular weight is 415 g/mol. The van der Waals surface area contributed by atoms with Crippen LogP contribution in [0.2, 0.25) is 0 Å². The molecule has 7 heteroatoms. The normalized spacial score (nSPS) is 14.1. The molecule has 0 saturated heterocycles. The van der Waals surface area contributed by atoms with Crippen LogP contribution in [-0.2, 0) is 0 Å². The molecule has 4 aromatic rings. The molecule has 0 atom stereocenters. The van der Waals surface area contributed by atoms with Crippen LogP contribution in [0, 0.1) is 0 Å². The summed E-state index contributed by atoms with van der Waals surface area (Å²) in [7, 11) is 3.29. The molecular formula is C24H25N5O2. The monoisotopic (exact) mass is 415 g/mol. The summed E-state index contributed by atoms with van der Waals surface area (Å²) >= 11 is 0. The number of anilines is 1. The molecule has 3 aromatic heterocycles. The van der Waals surface area contributed by atoms with Gasteiger partial charge in [-0.2, -0.15) is 5.10 Å². The second kappa shape index (κ2) is 8.26. The van der Waals surface area contributed by atoms with Gasteiger partial charge < -0.3 is 14.8 Å². The molecule has 1 saturated carbocycles. The first-order chi connectivity index (χ1) is 15.2. The number of nitrogens with one attached hydrogen (secondary N) is 1. The third kappa shape index (κ3) is 3.79. The maximum absolute atomic E-state index is 5.57. The summed E-state index contributed by atoms with van der Waals surface area (Å²) in [5.41, 5.74) is 4.58. The Bertz CT molecular complexity index is 1210. The van der Waals surface area contributed by atoms with Crippen molar-refractivity contribution in [3.8, 4) is 34.0 Å². The number of benzene rings is 1. The lowest BCUT2D eigenvalue weighted by atomic mass is 10.1. The highest BCUT2D eigenvalue weighted by molar-refractivity contribution is 5.82. The summed E-state index contributed by atoms with van der Waals surface area (Å²) in [5.74, 6) is 2.14. The predicted molar refractivity (Wildman–Crippen MR) is 121 cm³/mol. The number of ether oxygens (including phenoxy) is 2. The van der Waals surface area contributed by atoms with E-state index in [1.54, 1.807) is 14.2 Å². The van der Waals surface area contributed by atoms with Gasteiger partial charge in [0.2, 0.25) is 5.95 Å². The topological polar surface area (TPSA) is 73.6 Å². The lowest BCUT2D eigenvalue weighted by Gasteiger charge is -2.12. The Morgan fingerprint density at radius 1 is 0.968 bits per heavy atom. The maximum Gasteiger partial charge on any atom is 0.223 e. The van der Waals surface area contributed by atoms with Crippen molar-refractivity contribution < 1.29 is 9.47 Å². The van der Waals surface area contributed by atoms with Gasteiger partial charge in [-0.1, -0.05) is 12.8 Å². The Kier molecular flexibility index (Phi) is 5.16. The minimum atomic E-state index is 0.468. The van der Waals surface area contributed by atoms with Gasteiger partial charge in [0.1, 0.15) is 11.5 Å². The number of methoxy groups -OCH3 is 2. The first-order valence-electron chi connectivity index (χ1n) is 10.6. The van der Waals surface area contributed by atoms with E-state index in [4.69, 9.17) is 19.6 Å². The van der Waals surface area contributed by atoms with Crippen LogP contribution in [0.1, 0.15) is 25.7 Å². The highest BCUT2D eigenvalue weighted by atomic mass is 16.5. The molecule has 1 aliphatic rings. The zero-order valence-electron chi connectivity index (χ0n) is 17.7. The van der Waals surface area contributed by atoms with Crippen LogP contribution in [0.4, 0.5) is 5.95 Å². The van der Waals surface area contributed by atoms with Gasteiger partial charge in [0.25, 0.3) is 0 Å². The molecular weight excluding hydrogens is 390 g/mol. The van der Waals surface area contributed by atoms with Crippen molar-refractivity contribution in [2.75, 3.05) is 19.5 Å². The Morgan fingerprint density at radius 2 is 1.84 bits per heavy atom. The maximum atomic E-state index is 5.57. The number of pyridine rings is 1. The molecule has 5 rings (SSSR count). The van der Waals surface area contributed by atoms with Gasteiger partial charge >= 0.3 is 0 Å². The zero-order chi connectivity index (χ0) is 21.2. The van der Waals surface area contributed by atoms with Gasteiger partial charge in [0.05, 0.1) is 31.1 Å². The van der Waals surface area contributed by atoms with Gasteiger partial charge in [-0.3, -0.25) is 0 Å². The molecule has 0 amide bonds. The molecule has 1 N–H and O–H groups in total. The van der Waals surface area contributed by atoms with E-state index in [1.807, 2.05) is 47.2 Å². The summed E-state index contributed by atoms with van der Waals surface area (Å²) < 4.78 is 12.8. The fourth-order valence-corrected chi connectivity index (χ4v) is 4.20. The van der Waals surface area contributed by atoms with Crippen LogP contribution in [0.25, 0.3) is 28.0 Å². The Morgan fingerprint density at radius 3 is 2.65 bits per heavy atom. The minimum absolute atomic E-state index is 0.468. The molecule has 1 aromatic carbocycles. The van der Waals surface area contributed by atoms with Gasteiger partial charge in [0, 0.05) is 35.6 Å². The van der Waals surface area contributed by atoms with Crippen LogP contribution < -0.4 is 14.8 Å². The van der Waals surface area contributed by atoms with E-state index in [9.17, 15) is 0 Å². The number of rotatable bonds is 6. The molecule has 3 heterocycles. The highest BCUT2D eigenvalue weighted by Gasteiger charge is 2.17. The second-order valence-electron chi connectivity index (χ2n) is 7.74. The van der Waals surface area contributed by atoms with E-state index in [0.29, 0.717) is 12.0 Å². The zero-order valence-corrected chi connectivity index (χ0v) is 17.7. The van der Waals surface area contributed by atoms with Crippen LogP contribution in [0.5, 0.6) is 11.5 Å². The summed E-state index contributed by atoms with van der Waals surface area (Å²) in [6.07, 6.45) is 8.65. The average Bonchev–Trinajstić information content (AvgIpc) is 3.48. The standard InChI is InChI=1S/C24H25N5O2/c1-30-17-9-10-19(23(14-17)31-2)21-15-22-18(8-5-13-29(22)28-21)20-11-12-25-24(27-20)26-16-6-3-4-7-16/h5,8-16H,3-4,6-7H2,1-2H3,(H,25,26,27). The number of fused-ring (bicyclic) bond motifs is 1. The van der Waals surface area contributed by atoms with Crippen LogP contribution in [0.3, 0.4) is 0 Å². The number of aromatic nitrogens is 4. The molecule has 0 aliphatic heterocycles.